The van der Waals surface area contributed by atoms with Gasteiger partial charge in [-0.3, -0.25) is 4.90 Å². The molecule has 0 amide bonds. The second kappa shape index (κ2) is 6.55. The topological polar surface area (TPSA) is 96.3 Å². The van der Waals surface area contributed by atoms with Crippen molar-refractivity contribution in [3.63, 3.8) is 0 Å². The molecule has 3 rings (SSSR count). The molecule has 0 saturated carbocycles. The molecule has 5 unspecified atom stereocenters. The van der Waals surface area contributed by atoms with E-state index in [1.165, 1.54) is 6.92 Å². The number of ether oxygens (including phenoxy) is 2. The van der Waals surface area contributed by atoms with E-state index in [9.17, 15) is 19.8 Å². The van der Waals surface area contributed by atoms with E-state index in [0.29, 0.717) is 18.5 Å². The summed E-state index contributed by atoms with van der Waals surface area (Å²) in [5, 5.41) is 20.8. The highest BCUT2D eigenvalue weighted by atomic mass is 16.6. The predicted molar refractivity (Wildman–Crippen MR) is 88.5 cm³/mol. The first-order valence-electron chi connectivity index (χ1n) is 8.61. The van der Waals surface area contributed by atoms with Gasteiger partial charge in [0.05, 0.1) is 18.8 Å². The van der Waals surface area contributed by atoms with Gasteiger partial charge in [0, 0.05) is 31.0 Å². The summed E-state index contributed by atoms with van der Waals surface area (Å²) in [6.07, 6.45) is 1.30. The Morgan fingerprint density at radius 1 is 1.40 bits per heavy atom. The number of nitrogens with zero attached hydrogens (tertiary/aromatic N) is 1. The lowest BCUT2D eigenvalue weighted by molar-refractivity contribution is -0.164. The summed E-state index contributed by atoms with van der Waals surface area (Å²) >= 11 is 0. The fourth-order valence-electron chi connectivity index (χ4n) is 3.91. The van der Waals surface area contributed by atoms with Gasteiger partial charge >= 0.3 is 11.9 Å². The van der Waals surface area contributed by atoms with Crippen molar-refractivity contribution < 1.29 is 29.3 Å². The SMILES string of the molecule is C=C1CC(=CC)C(=O)OC2CCN3CC(O)C(COC(=O)C1(C)O)C23. The maximum absolute atomic E-state index is 12.5. The number of hydrogen-bond donors (Lipinski definition) is 2. The number of cyclic esters (lactones) is 1. The van der Waals surface area contributed by atoms with E-state index in [0.717, 1.165) is 6.54 Å². The molecule has 2 N–H and O–H groups in total. The van der Waals surface area contributed by atoms with Crippen LogP contribution in [0.3, 0.4) is 0 Å². The first kappa shape index (κ1) is 18.1. The quantitative estimate of drug-likeness (QED) is 0.365. The van der Waals surface area contributed by atoms with Crippen LogP contribution in [0.1, 0.15) is 26.7 Å². The van der Waals surface area contributed by atoms with Crippen LogP contribution in [-0.2, 0) is 19.1 Å². The van der Waals surface area contributed by atoms with E-state index in [1.54, 1.807) is 13.0 Å². The number of aliphatic hydroxyl groups excluding tert-OH is 1. The molecule has 0 spiro atoms. The van der Waals surface area contributed by atoms with Gasteiger partial charge in [0.15, 0.2) is 5.60 Å². The molecule has 7 heteroatoms. The van der Waals surface area contributed by atoms with Crippen LogP contribution < -0.4 is 0 Å². The third-order valence-electron chi connectivity index (χ3n) is 5.62. The summed E-state index contributed by atoms with van der Waals surface area (Å²) in [6.45, 7) is 7.90. The van der Waals surface area contributed by atoms with Gasteiger partial charge in [-0.15, -0.1) is 0 Å². The van der Waals surface area contributed by atoms with Crippen molar-refractivity contribution in [2.75, 3.05) is 19.7 Å². The molecule has 3 aliphatic heterocycles. The van der Waals surface area contributed by atoms with Gasteiger partial charge in [0.25, 0.3) is 0 Å². The van der Waals surface area contributed by atoms with Crippen LogP contribution in [0.15, 0.2) is 23.8 Å². The maximum atomic E-state index is 12.5. The Morgan fingerprint density at radius 3 is 2.80 bits per heavy atom. The zero-order chi connectivity index (χ0) is 18.4. The molecule has 0 radical (unpaired) electrons. The van der Waals surface area contributed by atoms with Crippen molar-refractivity contribution in [1.82, 2.24) is 4.90 Å². The van der Waals surface area contributed by atoms with Crippen LogP contribution in [0, 0.1) is 5.92 Å². The summed E-state index contributed by atoms with van der Waals surface area (Å²) in [7, 11) is 0. The molecular weight excluding hydrogens is 326 g/mol. The minimum Gasteiger partial charge on any atom is -0.463 e. The molecule has 25 heavy (non-hydrogen) atoms. The minimum atomic E-state index is -1.91. The number of carbonyl (C=O) groups is 2. The fraction of sp³-hybridized carbons (Fsp3) is 0.667. The molecule has 0 aliphatic carbocycles. The first-order chi connectivity index (χ1) is 11.8. The van der Waals surface area contributed by atoms with Gasteiger partial charge in [-0.1, -0.05) is 12.7 Å². The maximum Gasteiger partial charge on any atom is 0.342 e. The molecule has 3 fully saturated rings. The van der Waals surface area contributed by atoms with Gasteiger partial charge in [0.2, 0.25) is 0 Å². The number of hydrogen-bond acceptors (Lipinski definition) is 7. The Bertz CT molecular complexity index is 625. The van der Waals surface area contributed by atoms with E-state index in [2.05, 4.69) is 11.5 Å². The Labute approximate surface area is 146 Å². The first-order valence-corrected chi connectivity index (χ1v) is 8.61. The zero-order valence-electron chi connectivity index (χ0n) is 14.6. The molecule has 3 heterocycles. The van der Waals surface area contributed by atoms with Crippen LogP contribution in [0.4, 0.5) is 0 Å². The van der Waals surface area contributed by atoms with Crippen molar-refractivity contribution in [2.45, 2.75) is 50.5 Å². The lowest BCUT2D eigenvalue weighted by atomic mass is 9.90. The van der Waals surface area contributed by atoms with E-state index in [1.807, 2.05) is 0 Å². The monoisotopic (exact) mass is 351 g/mol. The van der Waals surface area contributed by atoms with Crippen LogP contribution in [0.2, 0.25) is 0 Å². The average molecular weight is 351 g/mol. The Morgan fingerprint density at radius 2 is 2.12 bits per heavy atom. The van der Waals surface area contributed by atoms with Crippen molar-refractivity contribution in [3.05, 3.63) is 23.8 Å². The van der Waals surface area contributed by atoms with Gasteiger partial charge in [0.1, 0.15) is 6.10 Å². The van der Waals surface area contributed by atoms with Gasteiger partial charge < -0.3 is 19.7 Å². The number of rotatable bonds is 0. The fourth-order valence-corrected chi connectivity index (χ4v) is 3.91. The Hall–Kier alpha value is -1.70. The standard InChI is InChI=1S/C18H25NO6/c1-4-11-7-10(2)18(3,23)17(22)24-9-12-13(20)8-19-6-5-14(15(12)19)25-16(11)21/h4,12-15,20,23H,2,5-9H2,1,3H3. The molecule has 0 aromatic rings. The summed E-state index contributed by atoms with van der Waals surface area (Å²) in [5.41, 5.74) is -1.40. The van der Waals surface area contributed by atoms with Crippen LogP contribution in [-0.4, -0.2) is 70.6 Å². The Kier molecular flexibility index (Phi) is 4.74. The summed E-state index contributed by atoms with van der Waals surface area (Å²) in [5.74, 6) is -1.65. The smallest absolute Gasteiger partial charge is 0.342 e. The molecule has 5 atom stereocenters. The second-order valence-corrected chi connectivity index (χ2v) is 7.21. The van der Waals surface area contributed by atoms with Crippen molar-refractivity contribution in [2.24, 2.45) is 5.92 Å². The molecule has 0 bridgehead atoms. The average Bonchev–Trinajstić information content (AvgIpc) is 3.08. The van der Waals surface area contributed by atoms with E-state index in [-0.39, 0.29) is 36.7 Å². The normalized spacial score (nSPS) is 41.8. The molecule has 0 aromatic heterocycles. The number of allylic oxidation sites excluding steroid dienone is 1. The number of aliphatic hydroxyl groups is 2. The number of esters is 2. The second-order valence-electron chi connectivity index (χ2n) is 7.21. The molecule has 3 aliphatic rings. The molecule has 7 nitrogen and oxygen atoms in total. The van der Waals surface area contributed by atoms with Crippen molar-refractivity contribution in [3.8, 4) is 0 Å². The third kappa shape index (κ3) is 3.12. The van der Waals surface area contributed by atoms with E-state index >= 15 is 0 Å². The minimum absolute atomic E-state index is 0.0323. The number of carbonyl (C=O) groups excluding carboxylic acids is 2. The van der Waals surface area contributed by atoms with Crippen LogP contribution in [0.25, 0.3) is 0 Å². The summed E-state index contributed by atoms with van der Waals surface area (Å²) in [4.78, 5) is 27.0. The summed E-state index contributed by atoms with van der Waals surface area (Å²) < 4.78 is 11.0. The highest BCUT2D eigenvalue weighted by molar-refractivity contribution is 5.90. The molecule has 0 aromatic carbocycles. The van der Waals surface area contributed by atoms with Crippen molar-refractivity contribution >= 4 is 11.9 Å². The highest BCUT2D eigenvalue weighted by Gasteiger charge is 2.51. The predicted octanol–water partition coefficient (Wildman–Crippen LogP) is 0.164. The lowest BCUT2D eigenvalue weighted by Gasteiger charge is -2.30. The Balaban J connectivity index is 1.93. The lowest BCUT2D eigenvalue weighted by Crippen LogP contribution is -2.44. The van der Waals surface area contributed by atoms with Crippen LogP contribution >= 0.6 is 0 Å². The third-order valence-corrected chi connectivity index (χ3v) is 5.62. The molecule has 138 valence electrons. The van der Waals surface area contributed by atoms with Gasteiger partial charge in [-0.25, -0.2) is 9.59 Å². The largest absolute Gasteiger partial charge is 0.463 e. The van der Waals surface area contributed by atoms with Gasteiger partial charge in [-0.05, 0) is 25.8 Å². The molecule has 3 saturated heterocycles. The van der Waals surface area contributed by atoms with Crippen molar-refractivity contribution in [1.29, 1.82) is 0 Å². The zero-order valence-corrected chi connectivity index (χ0v) is 14.6. The van der Waals surface area contributed by atoms with Crippen LogP contribution in [0.5, 0.6) is 0 Å². The summed E-state index contributed by atoms with van der Waals surface area (Å²) in [6, 6.07) is -0.183. The molecular formula is C18H25NO6. The highest BCUT2D eigenvalue weighted by Crippen LogP contribution is 2.37. The van der Waals surface area contributed by atoms with E-state index in [4.69, 9.17) is 9.47 Å². The van der Waals surface area contributed by atoms with Gasteiger partial charge in [-0.2, -0.15) is 0 Å². The van der Waals surface area contributed by atoms with E-state index < -0.39 is 23.6 Å².